The van der Waals surface area contributed by atoms with E-state index in [1.165, 1.54) is 55.8 Å². The zero-order valence-electron chi connectivity index (χ0n) is 23.1. The fourth-order valence-corrected chi connectivity index (χ4v) is 3.77. The number of carbonyl (C=O) groups excluding carboxylic acids is 3. The highest BCUT2D eigenvalue weighted by molar-refractivity contribution is 6.30. The van der Waals surface area contributed by atoms with Gasteiger partial charge in [-0.05, 0) is 75.6 Å². The van der Waals surface area contributed by atoms with E-state index in [1.807, 2.05) is 4.90 Å². The minimum Gasteiger partial charge on any atom is -0.482 e. The van der Waals surface area contributed by atoms with Gasteiger partial charge in [0.15, 0.2) is 6.61 Å². The van der Waals surface area contributed by atoms with Crippen molar-refractivity contribution in [3.63, 3.8) is 0 Å². The number of anilines is 2. The standard InChI is InChI=1S/C20H20ClN3O5.C9H15FN2/c1-3-5-18(25)23-16-8-7-14(29-12-19(26)28-4-2)10-15(16)20(27)24-17-9-6-13(21)11-22-17;10-6-4-5-9(11)12-7-2-1-3-8-12/h3,5-11H,4,12H2,1-2H3,(H,23,25)(H,22,24,27);4,6,11H,1-3,5,7-8H2/b5-3+;6-4+,11-9?. The molecule has 2 heterocycles. The highest BCUT2D eigenvalue weighted by atomic mass is 35.5. The Morgan fingerprint density at radius 1 is 1.15 bits per heavy atom. The Balaban J connectivity index is 0.000000408. The number of nitrogens with one attached hydrogen (secondary N) is 3. The summed E-state index contributed by atoms with van der Waals surface area (Å²) in [6, 6.07) is 7.57. The number of amides is 2. The first-order valence-corrected chi connectivity index (χ1v) is 13.5. The van der Waals surface area contributed by atoms with Gasteiger partial charge in [0, 0.05) is 25.7 Å². The number of ether oxygens (including phenoxy) is 2. The van der Waals surface area contributed by atoms with Crippen molar-refractivity contribution in [2.45, 2.75) is 39.5 Å². The molecule has 0 atom stereocenters. The number of hydrogen-bond donors (Lipinski definition) is 3. The van der Waals surface area contributed by atoms with Crippen LogP contribution in [0.25, 0.3) is 0 Å². The molecular weight excluding hydrogens is 553 g/mol. The molecule has 0 aliphatic carbocycles. The molecule has 0 radical (unpaired) electrons. The Morgan fingerprint density at radius 3 is 2.54 bits per heavy atom. The summed E-state index contributed by atoms with van der Waals surface area (Å²) < 4.78 is 21.8. The molecular formula is C29H35ClFN5O5. The zero-order valence-corrected chi connectivity index (χ0v) is 23.9. The first-order valence-electron chi connectivity index (χ1n) is 13.1. The molecule has 0 unspecified atom stereocenters. The number of piperidine rings is 1. The van der Waals surface area contributed by atoms with Crippen LogP contribution >= 0.6 is 11.6 Å². The van der Waals surface area contributed by atoms with Crippen molar-refractivity contribution in [2.75, 3.05) is 36.9 Å². The summed E-state index contributed by atoms with van der Waals surface area (Å²) in [4.78, 5) is 42.2. The Bertz CT molecular complexity index is 1230. The molecule has 1 aromatic carbocycles. The lowest BCUT2D eigenvalue weighted by atomic mass is 10.1. The second-order valence-electron chi connectivity index (χ2n) is 8.67. The number of rotatable bonds is 10. The van der Waals surface area contributed by atoms with Crippen LogP contribution in [-0.4, -0.2) is 59.8 Å². The van der Waals surface area contributed by atoms with Gasteiger partial charge in [-0.3, -0.25) is 15.0 Å². The fourth-order valence-electron chi connectivity index (χ4n) is 3.66. The summed E-state index contributed by atoms with van der Waals surface area (Å²) in [5.74, 6) is -0.374. The first-order chi connectivity index (χ1) is 19.8. The van der Waals surface area contributed by atoms with Gasteiger partial charge in [0.25, 0.3) is 5.91 Å². The number of halogens is 2. The van der Waals surface area contributed by atoms with Gasteiger partial charge >= 0.3 is 5.97 Å². The molecule has 3 N–H and O–H groups in total. The molecule has 1 aliphatic rings. The predicted octanol–water partition coefficient (Wildman–Crippen LogP) is 5.77. The van der Waals surface area contributed by atoms with E-state index >= 15 is 0 Å². The van der Waals surface area contributed by atoms with E-state index in [0.717, 1.165) is 13.1 Å². The van der Waals surface area contributed by atoms with Crippen molar-refractivity contribution in [1.29, 1.82) is 5.41 Å². The molecule has 3 rings (SSSR count). The lowest BCUT2D eigenvalue weighted by Crippen LogP contribution is -2.34. The van der Waals surface area contributed by atoms with Crippen LogP contribution in [0.3, 0.4) is 0 Å². The van der Waals surface area contributed by atoms with Crippen LogP contribution in [0.2, 0.25) is 5.02 Å². The number of likely N-dealkylation sites (tertiary alicyclic amines) is 1. The van der Waals surface area contributed by atoms with Crippen molar-refractivity contribution >= 4 is 46.7 Å². The molecule has 2 amide bonds. The predicted molar refractivity (Wildman–Crippen MR) is 157 cm³/mol. The van der Waals surface area contributed by atoms with Crippen molar-refractivity contribution in [2.24, 2.45) is 0 Å². The highest BCUT2D eigenvalue weighted by Gasteiger charge is 2.16. The Morgan fingerprint density at radius 2 is 1.90 bits per heavy atom. The largest absolute Gasteiger partial charge is 0.482 e. The van der Waals surface area contributed by atoms with E-state index < -0.39 is 17.8 Å². The van der Waals surface area contributed by atoms with E-state index in [9.17, 15) is 18.8 Å². The summed E-state index contributed by atoms with van der Waals surface area (Å²) in [5.41, 5.74) is 0.393. The van der Waals surface area contributed by atoms with Crippen LogP contribution < -0.4 is 15.4 Å². The maximum Gasteiger partial charge on any atom is 0.344 e. The van der Waals surface area contributed by atoms with Gasteiger partial charge in [0.05, 0.1) is 35.0 Å². The highest BCUT2D eigenvalue weighted by Crippen LogP contribution is 2.24. The molecule has 41 heavy (non-hydrogen) atoms. The number of aromatic nitrogens is 1. The second kappa shape index (κ2) is 18.2. The molecule has 0 saturated carbocycles. The van der Waals surface area contributed by atoms with Gasteiger partial charge in [0.2, 0.25) is 5.91 Å². The first kappa shape index (κ1) is 33.0. The molecule has 1 aromatic heterocycles. The summed E-state index contributed by atoms with van der Waals surface area (Å²) >= 11 is 5.80. The second-order valence-corrected chi connectivity index (χ2v) is 9.10. The summed E-state index contributed by atoms with van der Waals surface area (Å²) in [6.45, 7) is 5.26. The van der Waals surface area contributed by atoms with Crippen LogP contribution in [0, 0.1) is 5.41 Å². The molecule has 1 aliphatic heterocycles. The Hall–Kier alpha value is -4.25. The molecule has 0 bridgehead atoms. The van der Waals surface area contributed by atoms with Crippen molar-refractivity contribution < 1.29 is 28.2 Å². The van der Waals surface area contributed by atoms with Gasteiger partial charge in [-0.25, -0.2) is 14.2 Å². The molecule has 220 valence electrons. The normalized spacial score (nSPS) is 12.8. The van der Waals surface area contributed by atoms with Crippen LogP contribution in [0.1, 0.15) is 49.9 Å². The average Bonchev–Trinajstić information content (AvgIpc) is 2.97. The smallest absolute Gasteiger partial charge is 0.344 e. The summed E-state index contributed by atoms with van der Waals surface area (Å²) in [7, 11) is 0. The van der Waals surface area contributed by atoms with Gasteiger partial charge in [-0.1, -0.05) is 17.7 Å². The van der Waals surface area contributed by atoms with Gasteiger partial charge in [-0.15, -0.1) is 0 Å². The Kier molecular flexibility index (Phi) is 14.6. The molecule has 1 fully saturated rings. The minimum atomic E-state index is -0.533. The molecule has 2 aromatic rings. The van der Waals surface area contributed by atoms with Crippen LogP contribution in [0.15, 0.2) is 61.1 Å². The van der Waals surface area contributed by atoms with Gasteiger partial charge in [0.1, 0.15) is 11.6 Å². The SMILES string of the molecule is C/C=C/C(=O)Nc1ccc(OCC(=O)OCC)cc1C(=O)Nc1ccc(Cl)cn1.N=C(C/C=C/F)N1CCCCC1. The van der Waals surface area contributed by atoms with Crippen LogP contribution in [0.5, 0.6) is 5.75 Å². The zero-order chi connectivity index (χ0) is 30.0. The minimum absolute atomic E-state index is 0.126. The quantitative estimate of drug-likeness (QED) is 0.139. The molecule has 0 spiro atoms. The summed E-state index contributed by atoms with van der Waals surface area (Å²) in [6.07, 6.45) is 10.2. The topological polar surface area (TPSA) is 134 Å². The number of esters is 1. The van der Waals surface area contributed by atoms with E-state index in [2.05, 4.69) is 15.6 Å². The van der Waals surface area contributed by atoms with E-state index in [4.69, 9.17) is 26.5 Å². The maximum atomic E-state index is 12.8. The number of amidine groups is 1. The van der Waals surface area contributed by atoms with Crippen molar-refractivity contribution in [1.82, 2.24) is 9.88 Å². The third-order valence-electron chi connectivity index (χ3n) is 5.58. The average molecular weight is 588 g/mol. The van der Waals surface area contributed by atoms with E-state index in [1.54, 1.807) is 32.1 Å². The van der Waals surface area contributed by atoms with Crippen LogP contribution in [-0.2, 0) is 14.3 Å². The fraction of sp³-hybridized carbons (Fsp3) is 0.345. The van der Waals surface area contributed by atoms with Crippen molar-refractivity contribution in [3.05, 3.63) is 71.7 Å². The number of benzene rings is 1. The van der Waals surface area contributed by atoms with E-state index in [0.29, 0.717) is 23.6 Å². The lowest BCUT2D eigenvalue weighted by Gasteiger charge is -2.28. The number of pyridine rings is 1. The van der Waals surface area contributed by atoms with E-state index in [-0.39, 0.29) is 36.0 Å². The van der Waals surface area contributed by atoms with Gasteiger partial charge < -0.3 is 25.0 Å². The van der Waals surface area contributed by atoms with Crippen LogP contribution in [0.4, 0.5) is 15.9 Å². The number of nitrogens with zero attached hydrogens (tertiary/aromatic N) is 2. The van der Waals surface area contributed by atoms with Gasteiger partial charge in [-0.2, -0.15) is 0 Å². The lowest BCUT2D eigenvalue weighted by molar-refractivity contribution is -0.145. The molecule has 1 saturated heterocycles. The maximum absolute atomic E-state index is 12.8. The van der Waals surface area contributed by atoms with Crippen molar-refractivity contribution in [3.8, 4) is 5.75 Å². The number of allylic oxidation sites excluding steroid dienone is 1. The number of carbonyl (C=O) groups is 3. The summed E-state index contributed by atoms with van der Waals surface area (Å²) in [5, 5.41) is 13.3. The molecule has 10 nitrogen and oxygen atoms in total. The Labute approximate surface area is 244 Å². The third-order valence-corrected chi connectivity index (χ3v) is 5.80. The molecule has 12 heteroatoms. The monoisotopic (exact) mass is 587 g/mol. The number of hydrogen-bond acceptors (Lipinski definition) is 7. The third kappa shape index (κ3) is 12.2.